The Kier molecular flexibility index (Phi) is 4.39. The summed E-state index contributed by atoms with van der Waals surface area (Å²) in [5.74, 6) is 1.36. The van der Waals surface area contributed by atoms with Gasteiger partial charge in [0, 0.05) is 11.8 Å². The zero-order valence-electron chi connectivity index (χ0n) is 9.88. The summed E-state index contributed by atoms with van der Waals surface area (Å²) in [5.41, 5.74) is 6.42. The molecule has 0 amide bonds. The van der Waals surface area contributed by atoms with Gasteiger partial charge in [0.2, 0.25) is 0 Å². The average Bonchev–Trinajstić information content (AvgIpc) is 2.38. The highest BCUT2D eigenvalue weighted by Crippen LogP contribution is 2.32. The molecule has 0 aliphatic carbocycles. The van der Waals surface area contributed by atoms with Crippen molar-refractivity contribution in [3.05, 3.63) is 38.8 Å². The van der Waals surface area contributed by atoms with Gasteiger partial charge >= 0.3 is 0 Å². The number of ether oxygens (including phenoxy) is 1. The van der Waals surface area contributed by atoms with E-state index in [1.807, 2.05) is 18.2 Å². The Morgan fingerprint density at radius 2 is 2.00 bits per heavy atom. The molecule has 2 rings (SSSR count). The molecule has 0 atom stereocenters. The maximum absolute atomic E-state index is 6.05. The van der Waals surface area contributed by atoms with Crippen LogP contribution >= 0.6 is 39.1 Å². The third kappa shape index (κ3) is 3.23. The maximum Gasteiger partial charge on any atom is 0.151 e. The number of halogens is 3. The first-order chi connectivity index (χ1) is 9.01. The molecular weight excluding hydrogens is 353 g/mol. The van der Waals surface area contributed by atoms with E-state index in [1.54, 1.807) is 13.2 Å². The molecule has 0 spiro atoms. The summed E-state index contributed by atoms with van der Waals surface area (Å²) in [6.45, 7) is 0. The second-order valence-electron chi connectivity index (χ2n) is 3.66. The minimum atomic E-state index is 0.220. The Bertz CT molecular complexity index is 622. The topological polar surface area (TPSA) is 60.2 Å². The number of nitrogens with zero attached hydrogens (tertiary/aromatic N) is 1. The van der Waals surface area contributed by atoms with E-state index in [1.165, 1.54) is 0 Å². The van der Waals surface area contributed by atoms with Gasteiger partial charge in [-0.3, -0.25) is 0 Å². The van der Waals surface area contributed by atoms with Crippen molar-refractivity contribution in [1.82, 2.24) is 4.98 Å². The predicted octanol–water partition coefficient (Wildman–Crippen LogP) is 4.49. The minimum absolute atomic E-state index is 0.220. The Morgan fingerprint density at radius 1 is 1.26 bits per heavy atom. The highest BCUT2D eigenvalue weighted by atomic mass is 79.9. The van der Waals surface area contributed by atoms with E-state index in [9.17, 15) is 0 Å². The van der Waals surface area contributed by atoms with Crippen LogP contribution in [0, 0.1) is 0 Å². The number of rotatable bonds is 3. The summed E-state index contributed by atoms with van der Waals surface area (Å²) >= 11 is 15.3. The Hall–Kier alpha value is -1.17. The molecule has 1 aromatic carbocycles. The fourth-order valence-electron chi connectivity index (χ4n) is 1.44. The summed E-state index contributed by atoms with van der Waals surface area (Å²) < 4.78 is 6.07. The summed E-state index contributed by atoms with van der Waals surface area (Å²) in [6, 6.07) is 7.07. The van der Waals surface area contributed by atoms with Crippen LogP contribution in [0.4, 0.5) is 17.3 Å². The van der Waals surface area contributed by atoms with Gasteiger partial charge in [-0.2, -0.15) is 0 Å². The fourth-order valence-corrected chi connectivity index (χ4v) is 2.26. The van der Waals surface area contributed by atoms with Gasteiger partial charge in [0.1, 0.15) is 11.6 Å². The lowest BCUT2D eigenvalue weighted by atomic mass is 10.3. The number of nitrogen functional groups attached to an aromatic ring is 1. The van der Waals surface area contributed by atoms with E-state index in [0.717, 1.165) is 10.2 Å². The van der Waals surface area contributed by atoms with Crippen LogP contribution in [0.5, 0.6) is 5.75 Å². The van der Waals surface area contributed by atoms with Crippen molar-refractivity contribution in [1.29, 1.82) is 0 Å². The molecule has 0 bridgehead atoms. The van der Waals surface area contributed by atoms with E-state index < -0.39 is 0 Å². The average molecular weight is 363 g/mol. The Balaban J connectivity index is 2.33. The van der Waals surface area contributed by atoms with Crippen molar-refractivity contribution in [2.45, 2.75) is 0 Å². The number of hydrogen-bond acceptors (Lipinski definition) is 4. The largest absolute Gasteiger partial charge is 0.495 e. The maximum atomic E-state index is 6.05. The molecule has 1 heterocycles. The molecule has 100 valence electrons. The van der Waals surface area contributed by atoms with E-state index >= 15 is 0 Å². The van der Waals surface area contributed by atoms with Gasteiger partial charge in [0.05, 0.1) is 21.6 Å². The molecule has 0 fully saturated rings. The quantitative estimate of drug-likeness (QED) is 0.844. The zero-order chi connectivity index (χ0) is 14.0. The molecule has 0 radical (unpaired) electrons. The molecule has 0 unspecified atom stereocenters. The normalized spacial score (nSPS) is 10.3. The van der Waals surface area contributed by atoms with Gasteiger partial charge in [0.25, 0.3) is 0 Å². The predicted molar refractivity (Wildman–Crippen MR) is 82.6 cm³/mol. The number of anilines is 3. The number of nitrogens with two attached hydrogens (primary N) is 1. The lowest BCUT2D eigenvalue weighted by Gasteiger charge is -2.11. The molecule has 3 N–H and O–H groups in total. The highest BCUT2D eigenvalue weighted by molar-refractivity contribution is 9.10. The molecular formula is C12H10BrCl2N3O. The third-order valence-corrected chi connectivity index (χ3v) is 3.62. The molecule has 0 aliphatic heterocycles. The lowest BCUT2D eigenvalue weighted by Crippen LogP contribution is -1.99. The number of methoxy groups -OCH3 is 1. The van der Waals surface area contributed by atoms with Gasteiger partial charge < -0.3 is 15.8 Å². The van der Waals surface area contributed by atoms with Crippen molar-refractivity contribution in [3.8, 4) is 5.75 Å². The fraction of sp³-hybridized carbons (Fsp3) is 0.0833. The summed E-state index contributed by atoms with van der Waals surface area (Å²) in [7, 11) is 1.59. The number of hydrogen-bond donors (Lipinski definition) is 2. The first kappa shape index (κ1) is 14.2. The van der Waals surface area contributed by atoms with E-state index in [0.29, 0.717) is 21.6 Å². The van der Waals surface area contributed by atoms with Crippen LogP contribution in [0.25, 0.3) is 0 Å². The number of aromatic nitrogens is 1. The van der Waals surface area contributed by atoms with Crippen molar-refractivity contribution in [2.24, 2.45) is 0 Å². The highest BCUT2D eigenvalue weighted by Gasteiger charge is 2.08. The van der Waals surface area contributed by atoms with E-state index in [-0.39, 0.29) is 5.82 Å². The van der Waals surface area contributed by atoms with Crippen LogP contribution in [0.1, 0.15) is 0 Å². The van der Waals surface area contributed by atoms with Crippen molar-refractivity contribution in [2.75, 3.05) is 18.2 Å². The second kappa shape index (κ2) is 5.86. The monoisotopic (exact) mass is 361 g/mol. The molecule has 0 aliphatic rings. The number of nitrogens with one attached hydrogen (secondary N) is 1. The van der Waals surface area contributed by atoms with Crippen molar-refractivity contribution < 1.29 is 4.74 Å². The van der Waals surface area contributed by atoms with Gasteiger partial charge in [0.15, 0.2) is 5.82 Å². The smallest absolute Gasteiger partial charge is 0.151 e. The van der Waals surface area contributed by atoms with Gasteiger partial charge in [-0.05, 0) is 34.1 Å². The summed E-state index contributed by atoms with van der Waals surface area (Å²) in [5, 5.41) is 3.77. The molecule has 1 aromatic heterocycles. The van der Waals surface area contributed by atoms with Crippen LogP contribution in [0.15, 0.2) is 28.7 Å². The minimum Gasteiger partial charge on any atom is -0.495 e. The molecule has 4 nitrogen and oxygen atoms in total. The van der Waals surface area contributed by atoms with Crippen LogP contribution < -0.4 is 15.8 Å². The zero-order valence-corrected chi connectivity index (χ0v) is 13.0. The SMILES string of the molecule is COc1cc(Nc2nc(N)c(Cl)cc2Cl)ccc1Br. The molecule has 0 saturated heterocycles. The lowest BCUT2D eigenvalue weighted by molar-refractivity contribution is 0.412. The van der Waals surface area contributed by atoms with Crippen LogP contribution in [0.2, 0.25) is 10.0 Å². The Morgan fingerprint density at radius 3 is 2.68 bits per heavy atom. The van der Waals surface area contributed by atoms with Crippen LogP contribution in [-0.2, 0) is 0 Å². The van der Waals surface area contributed by atoms with Crippen molar-refractivity contribution >= 4 is 56.5 Å². The first-order valence-electron chi connectivity index (χ1n) is 5.23. The molecule has 2 aromatic rings. The second-order valence-corrected chi connectivity index (χ2v) is 5.33. The van der Waals surface area contributed by atoms with Gasteiger partial charge in [-0.25, -0.2) is 4.98 Å². The van der Waals surface area contributed by atoms with Gasteiger partial charge in [-0.1, -0.05) is 23.2 Å². The Labute approximate surface area is 129 Å². The molecule has 7 heteroatoms. The van der Waals surface area contributed by atoms with E-state index in [2.05, 4.69) is 26.2 Å². The summed E-state index contributed by atoms with van der Waals surface area (Å²) in [4.78, 5) is 4.10. The van der Waals surface area contributed by atoms with Gasteiger partial charge in [-0.15, -0.1) is 0 Å². The summed E-state index contributed by atoms with van der Waals surface area (Å²) in [6.07, 6.45) is 0. The number of pyridine rings is 1. The number of benzene rings is 1. The van der Waals surface area contributed by atoms with Crippen LogP contribution in [0.3, 0.4) is 0 Å². The van der Waals surface area contributed by atoms with Crippen LogP contribution in [-0.4, -0.2) is 12.1 Å². The third-order valence-electron chi connectivity index (χ3n) is 2.37. The van der Waals surface area contributed by atoms with E-state index in [4.69, 9.17) is 33.7 Å². The van der Waals surface area contributed by atoms with Crippen molar-refractivity contribution in [3.63, 3.8) is 0 Å². The standard InChI is InChI=1S/C12H10BrCl2N3O/c1-19-10-4-6(2-3-7(10)13)17-12-9(15)5-8(14)11(16)18-12/h2-5H,1H3,(H3,16,17,18). The molecule has 0 saturated carbocycles. The molecule has 19 heavy (non-hydrogen) atoms. The first-order valence-corrected chi connectivity index (χ1v) is 6.78.